The minimum atomic E-state index is 0.421. The Morgan fingerprint density at radius 3 is 1.60 bits per heavy atom. The molecule has 0 spiro atoms. The number of pyridine rings is 1. The van der Waals surface area contributed by atoms with Gasteiger partial charge in [-0.05, 0) is 41.5 Å². The van der Waals surface area contributed by atoms with Crippen molar-refractivity contribution in [1.82, 2.24) is 14.1 Å². The monoisotopic (exact) mass is 823 g/mol. The average molecular weight is 824 g/mol. The lowest BCUT2D eigenvalue weighted by molar-refractivity contribution is 1.14. The summed E-state index contributed by atoms with van der Waals surface area (Å²) >= 11 is 3.59. The van der Waals surface area contributed by atoms with Crippen LogP contribution in [0.25, 0.3) is 123 Å². The van der Waals surface area contributed by atoms with Crippen LogP contribution in [-0.2, 0) is 0 Å². The first-order valence-corrected chi connectivity index (χ1v) is 22.0. The molecular formula is C55H29N5S2. The maximum atomic E-state index is 11.7. The smallest absolute Gasteiger partial charge is 0.220 e. The van der Waals surface area contributed by atoms with Gasteiger partial charge in [0.25, 0.3) is 0 Å². The summed E-state index contributed by atoms with van der Waals surface area (Å²) in [4.78, 5) is 9.50. The van der Waals surface area contributed by atoms with Crippen LogP contribution in [0, 0.1) is 17.9 Å². The van der Waals surface area contributed by atoms with Gasteiger partial charge in [-0.3, -0.25) is 4.98 Å². The van der Waals surface area contributed by atoms with E-state index >= 15 is 0 Å². The third-order valence-electron chi connectivity index (χ3n) is 12.4. The maximum absolute atomic E-state index is 11.7. The molecule has 0 fully saturated rings. The molecule has 0 aliphatic heterocycles. The van der Waals surface area contributed by atoms with Crippen molar-refractivity contribution in [2.24, 2.45) is 0 Å². The van der Waals surface area contributed by atoms with E-state index in [-0.39, 0.29) is 0 Å². The lowest BCUT2D eigenvalue weighted by Gasteiger charge is -2.26. The van der Waals surface area contributed by atoms with Gasteiger partial charge in [0, 0.05) is 64.4 Å². The molecule has 5 aromatic heterocycles. The summed E-state index contributed by atoms with van der Waals surface area (Å²) < 4.78 is 9.35. The van der Waals surface area contributed by atoms with Crippen LogP contribution in [0.2, 0.25) is 0 Å². The fraction of sp³-hybridized carbons (Fsp3) is 0. The summed E-state index contributed by atoms with van der Waals surface area (Å²) in [5, 5.41) is 19.7. The van der Waals surface area contributed by atoms with E-state index in [1.807, 2.05) is 72.9 Å². The van der Waals surface area contributed by atoms with Crippen LogP contribution in [0.5, 0.6) is 0 Å². The van der Waals surface area contributed by atoms with Crippen molar-refractivity contribution in [3.8, 4) is 39.7 Å². The standard InChI is InChI=1S/C55H29N5S2/c1-57-49-46(32-15-4-2-5-16-32)41(31-56)50(59-42-22-11-8-21-40(42)48-43(59)23-14-30-58-48)47(33-17-6-3-7-18-33)53(49)60-51-36(26-28-38-34-19-9-12-24-44(34)61-54(38)51)37-27-29-39-35-20-10-13-25-45(35)62-55(39)52(37)60/h2-30H. The Labute approximate surface area is 362 Å². The number of fused-ring (bicyclic) bond motifs is 14. The quantitative estimate of drug-likeness (QED) is 0.166. The van der Waals surface area contributed by atoms with Crippen LogP contribution >= 0.6 is 22.7 Å². The first-order valence-electron chi connectivity index (χ1n) is 20.4. The number of thiophene rings is 2. The molecule has 5 heterocycles. The number of aromatic nitrogens is 3. The third-order valence-corrected chi connectivity index (χ3v) is 14.8. The number of nitriles is 1. The minimum Gasteiger partial charge on any atom is -0.316 e. The summed E-state index contributed by atoms with van der Waals surface area (Å²) in [6.45, 7) is 9.32. The molecule has 62 heavy (non-hydrogen) atoms. The van der Waals surface area contributed by atoms with Gasteiger partial charge in [0.1, 0.15) is 6.07 Å². The minimum absolute atomic E-state index is 0.421. The number of hydrogen-bond donors (Lipinski definition) is 0. The zero-order valence-corrected chi connectivity index (χ0v) is 34.4. The summed E-state index contributed by atoms with van der Waals surface area (Å²) in [6, 6.07) is 61.8. The fourth-order valence-electron chi connectivity index (χ4n) is 9.92. The van der Waals surface area contributed by atoms with E-state index in [0.717, 1.165) is 75.5 Å². The van der Waals surface area contributed by atoms with Gasteiger partial charge in [0.15, 0.2) is 0 Å². The molecular weight excluding hydrogens is 795 g/mol. The Balaban J connectivity index is 1.37. The highest BCUT2D eigenvalue weighted by Crippen LogP contribution is 2.54. The second-order valence-corrected chi connectivity index (χ2v) is 17.7. The summed E-state index contributed by atoms with van der Waals surface area (Å²) in [5.74, 6) is 0. The molecule has 0 amide bonds. The second kappa shape index (κ2) is 13.2. The van der Waals surface area contributed by atoms with Crippen molar-refractivity contribution in [2.75, 3.05) is 0 Å². The number of para-hydroxylation sites is 1. The van der Waals surface area contributed by atoms with E-state index in [9.17, 15) is 11.8 Å². The molecule has 5 nitrogen and oxygen atoms in total. The molecule has 0 bridgehead atoms. The number of rotatable bonds is 4. The van der Waals surface area contributed by atoms with Gasteiger partial charge in [0.2, 0.25) is 5.69 Å². The van der Waals surface area contributed by atoms with E-state index in [1.54, 1.807) is 22.7 Å². The highest BCUT2D eigenvalue weighted by atomic mass is 32.1. The van der Waals surface area contributed by atoms with Crippen molar-refractivity contribution in [2.45, 2.75) is 0 Å². The van der Waals surface area contributed by atoms with Crippen LogP contribution in [-0.4, -0.2) is 14.1 Å². The van der Waals surface area contributed by atoms with Crippen molar-refractivity contribution in [3.63, 3.8) is 0 Å². The fourth-order valence-corrected chi connectivity index (χ4v) is 12.4. The Bertz CT molecular complexity index is 3940. The topological polar surface area (TPSA) is 50.9 Å². The Morgan fingerprint density at radius 1 is 0.484 bits per heavy atom. The SMILES string of the molecule is [C-]#[N+]c1c(-c2ccccc2)c(C#N)c(-n2c3ccccc3c3ncccc32)c(-c2ccccc2)c1-n1c2c(ccc3c4ccccc4sc32)c2ccc3c4ccccc4sc3c21. The second-order valence-electron chi connectivity index (χ2n) is 15.6. The van der Waals surface area contributed by atoms with E-state index in [0.29, 0.717) is 22.5 Å². The molecule has 13 aromatic rings. The lowest BCUT2D eigenvalue weighted by Crippen LogP contribution is -2.09. The van der Waals surface area contributed by atoms with Gasteiger partial charge in [-0.25, -0.2) is 4.85 Å². The van der Waals surface area contributed by atoms with Gasteiger partial charge >= 0.3 is 0 Å². The molecule has 0 aliphatic carbocycles. The van der Waals surface area contributed by atoms with Gasteiger partial charge in [0.05, 0.1) is 60.5 Å². The molecule has 0 saturated carbocycles. The van der Waals surface area contributed by atoms with Gasteiger partial charge in [-0.2, -0.15) is 5.26 Å². The molecule has 0 N–H and O–H groups in total. The van der Waals surface area contributed by atoms with Crippen LogP contribution in [0.15, 0.2) is 176 Å². The maximum Gasteiger partial charge on any atom is 0.220 e. The summed E-state index contributed by atoms with van der Waals surface area (Å²) in [5.41, 5.74) is 10.1. The van der Waals surface area contributed by atoms with Crippen LogP contribution < -0.4 is 0 Å². The van der Waals surface area contributed by atoms with Crippen molar-refractivity contribution >= 4 is 112 Å². The number of benzene rings is 8. The van der Waals surface area contributed by atoms with Crippen molar-refractivity contribution in [1.29, 1.82) is 5.26 Å². The zero-order chi connectivity index (χ0) is 41.1. The van der Waals surface area contributed by atoms with Crippen molar-refractivity contribution < 1.29 is 0 Å². The average Bonchev–Trinajstić information content (AvgIpc) is 4.09. The lowest BCUT2D eigenvalue weighted by atomic mass is 9.88. The van der Waals surface area contributed by atoms with Gasteiger partial charge < -0.3 is 9.13 Å². The van der Waals surface area contributed by atoms with Crippen LogP contribution in [0.4, 0.5) is 5.69 Å². The molecule has 0 unspecified atom stereocenters. The van der Waals surface area contributed by atoms with E-state index in [1.165, 1.54) is 30.9 Å². The highest BCUT2D eigenvalue weighted by Gasteiger charge is 2.33. The largest absolute Gasteiger partial charge is 0.316 e. The van der Waals surface area contributed by atoms with E-state index in [4.69, 9.17) is 4.98 Å². The van der Waals surface area contributed by atoms with E-state index < -0.39 is 0 Å². The number of nitrogens with zero attached hydrogens (tertiary/aromatic N) is 5. The van der Waals surface area contributed by atoms with Gasteiger partial charge in [-0.15, -0.1) is 22.7 Å². The van der Waals surface area contributed by atoms with Crippen molar-refractivity contribution in [3.05, 3.63) is 193 Å². The van der Waals surface area contributed by atoms with Crippen LogP contribution in [0.1, 0.15) is 5.56 Å². The Kier molecular flexibility index (Phi) is 7.41. The number of hydrogen-bond acceptors (Lipinski definition) is 4. The predicted octanol–water partition coefficient (Wildman–Crippen LogP) is 15.8. The van der Waals surface area contributed by atoms with Gasteiger partial charge in [-0.1, -0.05) is 140 Å². The molecule has 0 saturated heterocycles. The molecule has 13 rings (SSSR count). The first-order chi connectivity index (χ1) is 30.7. The Morgan fingerprint density at radius 2 is 1.00 bits per heavy atom. The zero-order valence-electron chi connectivity index (χ0n) is 32.8. The molecule has 8 aromatic carbocycles. The molecule has 286 valence electrons. The summed E-state index contributed by atoms with van der Waals surface area (Å²) in [7, 11) is 0. The predicted molar refractivity (Wildman–Crippen MR) is 261 cm³/mol. The third kappa shape index (κ3) is 4.66. The molecule has 0 aliphatic rings. The van der Waals surface area contributed by atoms with E-state index in [2.05, 4.69) is 123 Å². The Hall–Kier alpha value is -8.07. The molecule has 7 heteroatoms. The highest BCUT2D eigenvalue weighted by molar-refractivity contribution is 7.27. The molecule has 0 atom stereocenters. The normalized spacial score (nSPS) is 11.8. The first kappa shape index (κ1) is 34.8. The summed E-state index contributed by atoms with van der Waals surface area (Å²) in [6.07, 6.45) is 1.83. The molecule has 0 radical (unpaired) electrons. The van der Waals surface area contributed by atoms with Crippen LogP contribution in [0.3, 0.4) is 0 Å².